The molecule has 0 N–H and O–H groups in total. The Balaban J connectivity index is 1.80. The summed E-state index contributed by atoms with van der Waals surface area (Å²) in [5, 5.41) is 9.19. The van der Waals surface area contributed by atoms with Crippen LogP contribution >= 0.6 is 0 Å². The molecule has 6 heteroatoms. The molecule has 130 valence electrons. The number of benzene rings is 2. The first-order valence-corrected chi connectivity index (χ1v) is 9.69. The molecular formula is C19H21N3O2S. The zero-order valence-corrected chi connectivity index (χ0v) is 15.3. The van der Waals surface area contributed by atoms with Gasteiger partial charge in [-0.25, -0.2) is 8.42 Å². The molecular weight excluding hydrogens is 334 g/mol. The number of piperazine rings is 1. The van der Waals surface area contributed by atoms with Gasteiger partial charge in [0.2, 0.25) is 10.0 Å². The predicted octanol–water partition coefficient (Wildman–Crippen LogP) is 2.69. The third-order valence-electron chi connectivity index (χ3n) is 4.57. The molecule has 0 unspecified atom stereocenters. The zero-order valence-electron chi connectivity index (χ0n) is 14.4. The van der Waals surface area contributed by atoms with Crippen LogP contribution in [0.4, 0.5) is 5.69 Å². The minimum absolute atomic E-state index is 0.0951. The summed E-state index contributed by atoms with van der Waals surface area (Å²) in [7, 11) is -3.64. The van der Waals surface area contributed by atoms with Gasteiger partial charge in [-0.2, -0.15) is 9.57 Å². The molecule has 0 radical (unpaired) electrons. The van der Waals surface area contributed by atoms with Gasteiger partial charge in [0.25, 0.3) is 0 Å². The summed E-state index contributed by atoms with van der Waals surface area (Å²) in [6.07, 6.45) is 0. The van der Waals surface area contributed by atoms with Gasteiger partial charge in [0.1, 0.15) is 6.07 Å². The van der Waals surface area contributed by atoms with Crippen LogP contribution in [0.25, 0.3) is 0 Å². The highest BCUT2D eigenvalue weighted by Crippen LogP contribution is 2.25. The Bertz CT molecular complexity index is 924. The van der Waals surface area contributed by atoms with E-state index in [-0.39, 0.29) is 10.5 Å². The molecule has 0 spiro atoms. The van der Waals surface area contributed by atoms with E-state index in [0.29, 0.717) is 26.2 Å². The number of nitriles is 1. The van der Waals surface area contributed by atoms with E-state index < -0.39 is 10.0 Å². The van der Waals surface area contributed by atoms with E-state index in [9.17, 15) is 13.7 Å². The Hall–Kier alpha value is -2.36. The monoisotopic (exact) mass is 355 g/mol. The van der Waals surface area contributed by atoms with Gasteiger partial charge < -0.3 is 4.90 Å². The van der Waals surface area contributed by atoms with Gasteiger partial charge in [-0.1, -0.05) is 24.3 Å². The lowest BCUT2D eigenvalue weighted by atomic mass is 10.1. The number of sulfonamides is 1. The van der Waals surface area contributed by atoms with E-state index in [1.165, 1.54) is 21.5 Å². The Kier molecular flexibility index (Phi) is 4.80. The molecule has 1 aliphatic heterocycles. The molecule has 0 atom stereocenters. The van der Waals surface area contributed by atoms with Gasteiger partial charge in [0.05, 0.1) is 10.5 Å². The van der Waals surface area contributed by atoms with E-state index in [0.717, 1.165) is 5.69 Å². The van der Waals surface area contributed by atoms with Crippen LogP contribution in [0.15, 0.2) is 47.4 Å². The highest BCUT2D eigenvalue weighted by atomic mass is 32.2. The number of aryl methyl sites for hydroxylation is 2. The van der Waals surface area contributed by atoms with Gasteiger partial charge in [-0.05, 0) is 43.2 Å². The van der Waals surface area contributed by atoms with Crippen molar-refractivity contribution in [3.8, 4) is 6.07 Å². The van der Waals surface area contributed by atoms with Crippen molar-refractivity contribution in [1.82, 2.24) is 4.31 Å². The van der Waals surface area contributed by atoms with Crippen molar-refractivity contribution >= 4 is 15.7 Å². The normalized spacial score (nSPS) is 15.8. The van der Waals surface area contributed by atoms with Crippen LogP contribution in [-0.2, 0) is 10.0 Å². The second-order valence-corrected chi connectivity index (χ2v) is 8.20. The standard InChI is InChI=1S/C19H21N3O2S/c1-15-7-8-16(2)18(13-15)21-9-11-22(12-10-21)25(23,24)19-6-4-3-5-17(19)14-20/h3-8,13H,9-12H2,1-2H3. The van der Waals surface area contributed by atoms with Gasteiger partial charge in [0.15, 0.2) is 0 Å². The summed E-state index contributed by atoms with van der Waals surface area (Å²) < 4.78 is 27.3. The lowest BCUT2D eigenvalue weighted by molar-refractivity contribution is 0.384. The van der Waals surface area contributed by atoms with Crippen LogP contribution in [0, 0.1) is 25.2 Å². The van der Waals surface area contributed by atoms with E-state index in [2.05, 4.69) is 36.9 Å². The summed E-state index contributed by atoms with van der Waals surface area (Å²) in [6.45, 7) is 6.23. The summed E-state index contributed by atoms with van der Waals surface area (Å²) in [5.41, 5.74) is 3.74. The average molecular weight is 355 g/mol. The van der Waals surface area contributed by atoms with E-state index in [4.69, 9.17) is 0 Å². The molecule has 1 heterocycles. The third kappa shape index (κ3) is 3.39. The lowest BCUT2D eigenvalue weighted by Crippen LogP contribution is -2.49. The molecule has 2 aromatic rings. The van der Waals surface area contributed by atoms with E-state index >= 15 is 0 Å². The van der Waals surface area contributed by atoms with Crippen molar-refractivity contribution in [2.24, 2.45) is 0 Å². The Morgan fingerprint density at radius 2 is 1.68 bits per heavy atom. The number of hydrogen-bond acceptors (Lipinski definition) is 4. The van der Waals surface area contributed by atoms with Gasteiger partial charge in [-0.3, -0.25) is 0 Å². The summed E-state index contributed by atoms with van der Waals surface area (Å²) in [6, 6.07) is 14.7. The predicted molar refractivity (Wildman–Crippen MR) is 98.0 cm³/mol. The molecule has 1 saturated heterocycles. The maximum absolute atomic E-state index is 12.9. The minimum Gasteiger partial charge on any atom is -0.369 e. The molecule has 0 bridgehead atoms. The van der Waals surface area contributed by atoms with Crippen LogP contribution in [0.1, 0.15) is 16.7 Å². The molecule has 1 fully saturated rings. The molecule has 0 amide bonds. The van der Waals surface area contributed by atoms with Crippen molar-refractivity contribution in [1.29, 1.82) is 5.26 Å². The Morgan fingerprint density at radius 3 is 2.36 bits per heavy atom. The van der Waals surface area contributed by atoms with Crippen LogP contribution in [0.3, 0.4) is 0 Å². The van der Waals surface area contributed by atoms with E-state index in [1.54, 1.807) is 18.2 Å². The average Bonchev–Trinajstić information content (AvgIpc) is 2.63. The van der Waals surface area contributed by atoms with Crippen LogP contribution in [0.5, 0.6) is 0 Å². The number of nitrogens with zero attached hydrogens (tertiary/aromatic N) is 3. The van der Waals surface area contributed by atoms with Crippen molar-refractivity contribution in [2.45, 2.75) is 18.7 Å². The van der Waals surface area contributed by atoms with Crippen molar-refractivity contribution < 1.29 is 8.42 Å². The summed E-state index contributed by atoms with van der Waals surface area (Å²) >= 11 is 0. The van der Waals surface area contributed by atoms with Gasteiger partial charge in [-0.15, -0.1) is 0 Å². The second-order valence-electron chi connectivity index (χ2n) is 6.29. The number of rotatable bonds is 3. The van der Waals surface area contributed by atoms with Crippen molar-refractivity contribution in [3.05, 3.63) is 59.2 Å². The minimum atomic E-state index is -3.64. The fourth-order valence-corrected chi connectivity index (χ4v) is 4.72. The third-order valence-corrected chi connectivity index (χ3v) is 6.53. The molecule has 2 aromatic carbocycles. The van der Waals surface area contributed by atoms with E-state index in [1.807, 2.05) is 6.07 Å². The van der Waals surface area contributed by atoms with Crippen molar-refractivity contribution in [2.75, 3.05) is 31.1 Å². The maximum atomic E-state index is 12.9. The smallest absolute Gasteiger partial charge is 0.244 e. The highest BCUT2D eigenvalue weighted by Gasteiger charge is 2.30. The van der Waals surface area contributed by atoms with Gasteiger partial charge in [0, 0.05) is 31.9 Å². The van der Waals surface area contributed by atoms with Crippen LogP contribution in [0.2, 0.25) is 0 Å². The highest BCUT2D eigenvalue weighted by molar-refractivity contribution is 7.89. The SMILES string of the molecule is Cc1ccc(C)c(N2CCN(S(=O)(=O)c3ccccc3C#N)CC2)c1. The fourth-order valence-electron chi connectivity index (χ4n) is 3.15. The fraction of sp³-hybridized carbons (Fsp3) is 0.316. The van der Waals surface area contributed by atoms with Crippen molar-refractivity contribution in [3.63, 3.8) is 0 Å². The first kappa shape index (κ1) is 17.5. The molecule has 0 aromatic heterocycles. The first-order chi connectivity index (χ1) is 11.9. The molecule has 25 heavy (non-hydrogen) atoms. The zero-order chi connectivity index (χ0) is 18.0. The van der Waals surface area contributed by atoms with Crippen LogP contribution in [-0.4, -0.2) is 38.9 Å². The van der Waals surface area contributed by atoms with Gasteiger partial charge >= 0.3 is 0 Å². The molecule has 1 aliphatic rings. The molecule has 5 nitrogen and oxygen atoms in total. The number of hydrogen-bond donors (Lipinski definition) is 0. The number of anilines is 1. The Morgan fingerprint density at radius 1 is 1.00 bits per heavy atom. The summed E-state index contributed by atoms with van der Waals surface area (Å²) in [4.78, 5) is 2.32. The topological polar surface area (TPSA) is 64.4 Å². The quantitative estimate of drug-likeness (QED) is 0.849. The molecule has 0 aliphatic carbocycles. The Labute approximate surface area is 149 Å². The van der Waals surface area contributed by atoms with Crippen LogP contribution < -0.4 is 4.90 Å². The molecule has 3 rings (SSSR count). The largest absolute Gasteiger partial charge is 0.369 e. The molecule has 0 saturated carbocycles. The second kappa shape index (κ2) is 6.87. The first-order valence-electron chi connectivity index (χ1n) is 8.25. The summed E-state index contributed by atoms with van der Waals surface area (Å²) in [5.74, 6) is 0. The lowest BCUT2D eigenvalue weighted by Gasteiger charge is -2.36. The maximum Gasteiger partial charge on any atom is 0.244 e.